The molecule has 0 radical (unpaired) electrons. The Morgan fingerprint density at radius 3 is 1.18 bits per heavy atom. The lowest BCUT2D eigenvalue weighted by Crippen LogP contribution is -2.04. The van der Waals surface area contributed by atoms with Gasteiger partial charge >= 0.3 is 0 Å². The molecule has 0 saturated carbocycles. The molecule has 0 aromatic carbocycles. The van der Waals surface area contributed by atoms with E-state index in [0.29, 0.717) is 0 Å². The van der Waals surface area contributed by atoms with Crippen molar-refractivity contribution in [3.05, 3.63) is 91.8 Å². The second kappa shape index (κ2) is 6.08. The fraction of sp³-hybridized carbons (Fsp3) is 0. The summed E-state index contributed by atoms with van der Waals surface area (Å²) >= 11 is 0. The van der Waals surface area contributed by atoms with Crippen molar-refractivity contribution in [2.75, 3.05) is 0 Å². The molecule has 0 bridgehead atoms. The van der Waals surface area contributed by atoms with Gasteiger partial charge in [-0.1, -0.05) is 38.0 Å². The van der Waals surface area contributed by atoms with Crippen molar-refractivity contribution in [3.8, 4) is 0 Å². The molecule has 3 nitrogen and oxygen atoms in total. The van der Waals surface area contributed by atoms with Gasteiger partial charge in [0.05, 0.1) is 0 Å². The number of rotatable bonds is 6. The summed E-state index contributed by atoms with van der Waals surface area (Å²) in [5.74, 6) is 0. The first kappa shape index (κ1) is 14.4. The molecule has 0 amide bonds. The summed E-state index contributed by atoms with van der Waals surface area (Å²) in [6.45, 7) is 11.5. The van der Waals surface area contributed by atoms with Crippen molar-refractivity contribution in [3.63, 3.8) is 0 Å². The zero-order chi connectivity index (χ0) is 15.5. The first-order valence-corrected chi connectivity index (χ1v) is 8.17. The second-order valence-electron chi connectivity index (χ2n) is 4.86. The summed E-state index contributed by atoms with van der Waals surface area (Å²) in [7, 11) is -0.794. The molecular formula is C18H18N3P. The predicted octanol–water partition coefficient (Wildman–Crippen LogP) is 5.19. The highest BCUT2D eigenvalue weighted by Crippen LogP contribution is 2.42. The van der Waals surface area contributed by atoms with Gasteiger partial charge in [0.25, 0.3) is 0 Å². The maximum Gasteiger partial charge on any atom is 0.219 e. The fourth-order valence-corrected chi connectivity index (χ4v) is 4.24. The van der Waals surface area contributed by atoms with Crippen LogP contribution in [0.4, 0.5) is 0 Å². The summed E-state index contributed by atoms with van der Waals surface area (Å²) in [5, 5.41) is 0. The summed E-state index contributed by atoms with van der Waals surface area (Å²) in [4.78, 5) is 0. The van der Waals surface area contributed by atoms with Gasteiger partial charge in [0.15, 0.2) is 0 Å². The normalized spacial score (nSPS) is 10.8. The largest absolute Gasteiger partial charge is 0.298 e. The van der Waals surface area contributed by atoms with Gasteiger partial charge in [-0.3, -0.25) is 13.0 Å². The van der Waals surface area contributed by atoms with E-state index in [1.54, 1.807) is 0 Å². The Morgan fingerprint density at radius 1 is 0.636 bits per heavy atom. The van der Waals surface area contributed by atoms with Crippen LogP contribution >= 0.6 is 8.37 Å². The van der Waals surface area contributed by atoms with Gasteiger partial charge in [-0.15, -0.1) is 0 Å². The van der Waals surface area contributed by atoms with Gasteiger partial charge in [0.2, 0.25) is 8.37 Å². The Kier molecular flexibility index (Phi) is 3.99. The molecule has 0 aliphatic heterocycles. The first-order chi connectivity index (χ1) is 10.7. The van der Waals surface area contributed by atoms with Crippen LogP contribution < -0.4 is 0 Å². The van der Waals surface area contributed by atoms with E-state index in [9.17, 15) is 0 Å². The lowest BCUT2D eigenvalue weighted by molar-refractivity contribution is 1.05. The molecule has 0 N–H and O–H groups in total. The SMILES string of the molecule is C=Cc1ccn(P(n2ccc(C=C)c2)n2ccc(C=C)c2)c1. The highest BCUT2D eigenvalue weighted by Gasteiger charge is 2.16. The zero-order valence-corrected chi connectivity index (χ0v) is 13.2. The van der Waals surface area contributed by atoms with Crippen molar-refractivity contribution in [1.82, 2.24) is 13.0 Å². The fourth-order valence-electron chi connectivity index (χ4n) is 2.26. The van der Waals surface area contributed by atoms with Crippen molar-refractivity contribution in [1.29, 1.82) is 0 Å². The van der Waals surface area contributed by atoms with Gasteiger partial charge in [-0.25, -0.2) is 0 Å². The van der Waals surface area contributed by atoms with E-state index in [4.69, 9.17) is 0 Å². The van der Waals surface area contributed by atoms with E-state index in [0.717, 1.165) is 16.7 Å². The molecule has 0 unspecified atom stereocenters. The topological polar surface area (TPSA) is 14.8 Å². The van der Waals surface area contributed by atoms with E-state index in [2.05, 4.69) is 88.1 Å². The lowest BCUT2D eigenvalue weighted by atomic mass is 10.3. The Bertz CT molecular complexity index is 709. The smallest absolute Gasteiger partial charge is 0.219 e. The minimum Gasteiger partial charge on any atom is -0.298 e. The third kappa shape index (κ3) is 2.63. The minimum absolute atomic E-state index is 0.794. The van der Waals surface area contributed by atoms with Crippen LogP contribution in [0.15, 0.2) is 75.1 Å². The van der Waals surface area contributed by atoms with Crippen LogP contribution in [0.1, 0.15) is 16.7 Å². The molecule has 0 aliphatic rings. The lowest BCUT2D eigenvalue weighted by Gasteiger charge is -2.21. The van der Waals surface area contributed by atoms with Gasteiger partial charge in [0.1, 0.15) is 0 Å². The quantitative estimate of drug-likeness (QED) is 0.557. The van der Waals surface area contributed by atoms with Crippen LogP contribution in [-0.4, -0.2) is 13.0 Å². The third-order valence-corrected chi connectivity index (χ3v) is 5.42. The highest BCUT2D eigenvalue weighted by molar-refractivity contribution is 7.52. The van der Waals surface area contributed by atoms with Gasteiger partial charge in [-0.2, -0.15) is 0 Å². The van der Waals surface area contributed by atoms with Crippen molar-refractivity contribution in [2.45, 2.75) is 0 Å². The average molecular weight is 307 g/mol. The molecule has 0 saturated heterocycles. The average Bonchev–Trinajstić information content (AvgIpc) is 3.28. The van der Waals surface area contributed by atoms with Crippen molar-refractivity contribution >= 4 is 26.6 Å². The summed E-state index contributed by atoms with van der Waals surface area (Å²) < 4.78 is 6.64. The maximum absolute atomic E-state index is 3.84. The molecule has 0 spiro atoms. The van der Waals surface area contributed by atoms with Crippen LogP contribution in [-0.2, 0) is 0 Å². The number of hydrogen-bond donors (Lipinski definition) is 0. The van der Waals surface area contributed by atoms with Crippen LogP contribution in [0.25, 0.3) is 18.2 Å². The summed E-state index contributed by atoms with van der Waals surface area (Å²) in [5.41, 5.74) is 3.33. The van der Waals surface area contributed by atoms with Gasteiger partial charge in [-0.05, 0) is 34.9 Å². The van der Waals surface area contributed by atoms with Crippen LogP contribution in [0.2, 0.25) is 0 Å². The zero-order valence-electron chi connectivity index (χ0n) is 12.3. The monoisotopic (exact) mass is 307 g/mol. The second-order valence-corrected chi connectivity index (χ2v) is 6.78. The van der Waals surface area contributed by atoms with Crippen LogP contribution in [0.5, 0.6) is 0 Å². The molecule has 0 fully saturated rings. The van der Waals surface area contributed by atoms with E-state index < -0.39 is 8.37 Å². The van der Waals surface area contributed by atoms with Crippen molar-refractivity contribution < 1.29 is 0 Å². The molecule has 110 valence electrons. The Hall–Kier alpha value is -2.51. The Morgan fingerprint density at radius 2 is 0.955 bits per heavy atom. The van der Waals surface area contributed by atoms with E-state index in [-0.39, 0.29) is 0 Å². The van der Waals surface area contributed by atoms with E-state index in [1.807, 2.05) is 18.2 Å². The van der Waals surface area contributed by atoms with Crippen LogP contribution in [0.3, 0.4) is 0 Å². The minimum atomic E-state index is -0.794. The standard InChI is InChI=1S/C18H18N3P/c1-4-16-7-10-19(13-16)22(20-11-8-17(5-2)14-20)21-12-9-18(6-3)15-21/h4-15H,1-3H2. The molecule has 3 aromatic heterocycles. The number of nitrogens with zero attached hydrogens (tertiary/aromatic N) is 3. The predicted molar refractivity (Wildman–Crippen MR) is 96.7 cm³/mol. The highest BCUT2D eigenvalue weighted by atomic mass is 31.1. The number of hydrogen-bond acceptors (Lipinski definition) is 0. The third-order valence-electron chi connectivity index (χ3n) is 3.43. The molecular weight excluding hydrogens is 289 g/mol. The summed E-state index contributed by atoms with van der Waals surface area (Å²) in [6.07, 6.45) is 18.2. The first-order valence-electron chi connectivity index (χ1n) is 6.97. The molecule has 3 rings (SSSR count). The van der Waals surface area contributed by atoms with Gasteiger partial charge in [0, 0.05) is 37.2 Å². The molecule has 22 heavy (non-hydrogen) atoms. The van der Waals surface area contributed by atoms with Gasteiger partial charge < -0.3 is 0 Å². The Balaban J connectivity index is 2.09. The molecule has 0 atom stereocenters. The molecule has 4 heteroatoms. The summed E-state index contributed by atoms with van der Waals surface area (Å²) in [6, 6.07) is 6.20. The molecule has 3 aromatic rings. The van der Waals surface area contributed by atoms with Crippen LogP contribution in [0, 0.1) is 0 Å². The number of aromatic nitrogens is 3. The maximum atomic E-state index is 3.84. The Labute approximate surface area is 132 Å². The molecule has 3 heterocycles. The van der Waals surface area contributed by atoms with E-state index >= 15 is 0 Å². The molecule has 0 aliphatic carbocycles. The van der Waals surface area contributed by atoms with E-state index in [1.165, 1.54) is 0 Å². The van der Waals surface area contributed by atoms with Crippen molar-refractivity contribution in [2.24, 2.45) is 0 Å².